The Morgan fingerprint density at radius 3 is 2.90 bits per heavy atom. The quantitative estimate of drug-likeness (QED) is 0.658. The number of rotatable bonds is 4. The fourth-order valence-electron chi connectivity index (χ4n) is 4.49. The first-order valence-corrected chi connectivity index (χ1v) is 11.3. The summed E-state index contributed by atoms with van der Waals surface area (Å²) in [6.07, 6.45) is 3.66. The average Bonchev–Trinajstić information content (AvgIpc) is 3.39. The normalized spacial score (nSPS) is 21.3. The molecular weight excluding hydrogens is 406 g/mol. The van der Waals surface area contributed by atoms with Crippen molar-refractivity contribution < 1.29 is 9.84 Å². The number of nitrogens with one attached hydrogen (secondary N) is 1. The van der Waals surface area contributed by atoms with Gasteiger partial charge in [-0.1, -0.05) is 11.6 Å². The van der Waals surface area contributed by atoms with Gasteiger partial charge in [-0.3, -0.25) is 9.88 Å². The number of ether oxygens (including phenoxy) is 1. The Hall–Kier alpha value is -1.70. The van der Waals surface area contributed by atoms with Gasteiger partial charge in [-0.2, -0.15) is 0 Å². The van der Waals surface area contributed by atoms with Crippen LogP contribution in [-0.4, -0.2) is 53.5 Å². The molecule has 2 unspecified atom stereocenters. The van der Waals surface area contributed by atoms with E-state index in [0.29, 0.717) is 17.5 Å². The third-order valence-electron chi connectivity index (χ3n) is 6.10. The minimum Gasteiger partial charge on any atom is -0.485 e. The summed E-state index contributed by atoms with van der Waals surface area (Å²) in [5.41, 5.74) is 4.09. The Morgan fingerprint density at radius 2 is 2.10 bits per heavy atom. The molecule has 1 saturated heterocycles. The van der Waals surface area contributed by atoms with Crippen LogP contribution < -0.4 is 10.1 Å². The Bertz CT molecular complexity index is 1030. The van der Waals surface area contributed by atoms with Gasteiger partial charge in [0.15, 0.2) is 0 Å². The highest BCUT2D eigenvalue weighted by atomic mass is 35.5. The maximum Gasteiger partial charge on any atom is 0.145 e. The zero-order chi connectivity index (χ0) is 20.0. The number of piperidine rings is 1. The Kier molecular flexibility index (Phi) is 5.22. The fourth-order valence-corrected chi connectivity index (χ4v) is 5.61. The van der Waals surface area contributed by atoms with Crippen molar-refractivity contribution in [3.63, 3.8) is 0 Å². The van der Waals surface area contributed by atoms with Gasteiger partial charge in [-0.25, -0.2) is 0 Å². The SMILES string of the molecule is CNC1CCN(C(O)C2Cc3cc(Cl)cc(-c4ccnc5ccsc45)c3O2)CC1. The smallest absolute Gasteiger partial charge is 0.145 e. The number of benzene rings is 1. The van der Waals surface area contributed by atoms with Gasteiger partial charge >= 0.3 is 0 Å². The van der Waals surface area contributed by atoms with E-state index in [2.05, 4.69) is 15.2 Å². The number of thiophene rings is 1. The minimum absolute atomic E-state index is 0.283. The first-order chi connectivity index (χ1) is 14.1. The van der Waals surface area contributed by atoms with Crippen molar-refractivity contribution in [2.24, 2.45) is 0 Å². The number of nitrogens with zero attached hydrogens (tertiary/aromatic N) is 2. The first kappa shape index (κ1) is 19.3. The summed E-state index contributed by atoms with van der Waals surface area (Å²) < 4.78 is 7.48. The van der Waals surface area contributed by atoms with Crippen molar-refractivity contribution in [2.45, 2.75) is 37.6 Å². The molecule has 2 aromatic heterocycles. The molecule has 5 rings (SSSR count). The molecule has 0 aliphatic carbocycles. The number of halogens is 1. The van der Waals surface area contributed by atoms with Crippen molar-refractivity contribution >= 4 is 33.2 Å². The summed E-state index contributed by atoms with van der Waals surface area (Å²) in [5, 5.41) is 17.1. The largest absolute Gasteiger partial charge is 0.485 e. The molecule has 0 bridgehead atoms. The Balaban J connectivity index is 1.44. The summed E-state index contributed by atoms with van der Waals surface area (Å²) in [4.78, 5) is 6.58. The van der Waals surface area contributed by atoms with E-state index in [1.165, 1.54) is 0 Å². The van der Waals surface area contributed by atoms with Crippen molar-refractivity contribution in [1.29, 1.82) is 0 Å². The van der Waals surface area contributed by atoms with Crippen LogP contribution in [0.4, 0.5) is 0 Å². The third kappa shape index (κ3) is 3.53. The molecule has 5 nitrogen and oxygen atoms in total. The number of hydrogen-bond acceptors (Lipinski definition) is 6. The molecular formula is C22H24ClN3O2S. The van der Waals surface area contributed by atoms with E-state index in [-0.39, 0.29) is 6.10 Å². The van der Waals surface area contributed by atoms with E-state index in [4.69, 9.17) is 16.3 Å². The molecule has 0 amide bonds. The van der Waals surface area contributed by atoms with E-state index in [1.807, 2.05) is 42.9 Å². The molecule has 1 fully saturated rings. The first-order valence-electron chi connectivity index (χ1n) is 10.0. The molecule has 152 valence electrons. The van der Waals surface area contributed by atoms with Crippen LogP contribution in [0.15, 0.2) is 35.8 Å². The number of aliphatic hydroxyl groups is 1. The molecule has 4 heterocycles. The van der Waals surface area contributed by atoms with E-state index in [9.17, 15) is 5.11 Å². The number of aliphatic hydroxyl groups excluding tert-OH is 1. The average molecular weight is 430 g/mol. The zero-order valence-electron chi connectivity index (χ0n) is 16.3. The zero-order valence-corrected chi connectivity index (χ0v) is 17.8. The number of hydrogen-bond donors (Lipinski definition) is 2. The molecule has 2 atom stereocenters. The van der Waals surface area contributed by atoms with Crippen LogP contribution in [0.1, 0.15) is 18.4 Å². The Labute approximate surface area is 179 Å². The lowest BCUT2D eigenvalue weighted by molar-refractivity contribution is -0.0746. The number of pyridine rings is 1. The molecule has 3 aromatic rings. The summed E-state index contributed by atoms with van der Waals surface area (Å²) >= 11 is 8.13. The second-order valence-corrected chi connectivity index (χ2v) is 9.16. The van der Waals surface area contributed by atoms with Crippen LogP contribution in [0.2, 0.25) is 5.02 Å². The number of likely N-dealkylation sites (tertiary alicyclic amines) is 1. The van der Waals surface area contributed by atoms with Gasteiger partial charge in [0.05, 0.1) is 10.2 Å². The van der Waals surface area contributed by atoms with Gasteiger partial charge in [0.2, 0.25) is 0 Å². The fraction of sp³-hybridized carbons (Fsp3) is 0.409. The highest BCUT2D eigenvalue weighted by Gasteiger charge is 2.36. The van der Waals surface area contributed by atoms with E-state index >= 15 is 0 Å². The summed E-state index contributed by atoms with van der Waals surface area (Å²) in [7, 11) is 2.00. The lowest BCUT2D eigenvalue weighted by Crippen LogP contribution is -2.51. The predicted molar refractivity (Wildman–Crippen MR) is 118 cm³/mol. The molecule has 2 N–H and O–H groups in total. The highest BCUT2D eigenvalue weighted by Crippen LogP contribution is 2.44. The Morgan fingerprint density at radius 1 is 1.28 bits per heavy atom. The van der Waals surface area contributed by atoms with Gasteiger partial charge in [0.1, 0.15) is 18.1 Å². The van der Waals surface area contributed by atoms with Gasteiger partial charge in [0, 0.05) is 53.5 Å². The summed E-state index contributed by atoms with van der Waals surface area (Å²) in [6, 6.07) is 8.50. The van der Waals surface area contributed by atoms with Gasteiger partial charge in [-0.15, -0.1) is 11.3 Å². The number of aromatic nitrogens is 1. The number of fused-ring (bicyclic) bond motifs is 2. The molecule has 0 radical (unpaired) electrons. The predicted octanol–water partition coefficient (Wildman–Crippen LogP) is 3.92. The van der Waals surface area contributed by atoms with Gasteiger partial charge in [0.25, 0.3) is 0 Å². The molecule has 2 aliphatic heterocycles. The van der Waals surface area contributed by atoms with Crippen molar-refractivity contribution in [1.82, 2.24) is 15.2 Å². The van der Waals surface area contributed by atoms with E-state index in [0.717, 1.165) is 58.6 Å². The van der Waals surface area contributed by atoms with E-state index < -0.39 is 6.23 Å². The van der Waals surface area contributed by atoms with Crippen LogP contribution in [0.3, 0.4) is 0 Å². The standard InChI is InChI=1S/C22H24ClN3O2S/c1-24-15-3-7-26(8-4-15)22(27)19-11-13-10-14(23)12-17(20(13)28-19)16-2-6-25-18-5-9-29-21(16)18/h2,5-6,9-10,12,15,19,22,24,27H,3-4,7-8,11H2,1H3. The van der Waals surface area contributed by atoms with Crippen LogP contribution in [0.5, 0.6) is 5.75 Å². The van der Waals surface area contributed by atoms with Crippen molar-refractivity contribution in [3.8, 4) is 16.9 Å². The molecule has 1 aromatic carbocycles. The maximum atomic E-state index is 11.0. The topological polar surface area (TPSA) is 57.6 Å². The second-order valence-electron chi connectivity index (χ2n) is 7.81. The van der Waals surface area contributed by atoms with Crippen LogP contribution in [0, 0.1) is 0 Å². The summed E-state index contributed by atoms with van der Waals surface area (Å²) in [5.74, 6) is 0.837. The highest BCUT2D eigenvalue weighted by molar-refractivity contribution is 7.17. The lowest BCUT2D eigenvalue weighted by Gasteiger charge is -2.36. The van der Waals surface area contributed by atoms with Crippen molar-refractivity contribution in [3.05, 3.63) is 46.4 Å². The molecule has 0 saturated carbocycles. The minimum atomic E-state index is -0.619. The van der Waals surface area contributed by atoms with Crippen LogP contribution in [0.25, 0.3) is 21.3 Å². The third-order valence-corrected chi connectivity index (χ3v) is 7.25. The molecule has 29 heavy (non-hydrogen) atoms. The van der Waals surface area contributed by atoms with Crippen molar-refractivity contribution in [2.75, 3.05) is 20.1 Å². The molecule has 0 spiro atoms. The summed E-state index contributed by atoms with van der Waals surface area (Å²) in [6.45, 7) is 1.74. The van der Waals surface area contributed by atoms with Crippen LogP contribution >= 0.6 is 22.9 Å². The molecule has 7 heteroatoms. The van der Waals surface area contributed by atoms with Crippen LogP contribution in [-0.2, 0) is 6.42 Å². The van der Waals surface area contributed by atoms with Gasteiger partial charge < -0.3 is 15.2 Å². The lowest BCUT2D eigenvalue weighted by atomic mass is 10.00. The van der Waals surface area contributed by atoms with E-state index in [1.54, 1.807) is 11.3 Å². The molecule has 2 aliphatic rings. The maximum absolute atomic E-state index is 11.0. The monoisotopic (exact) mass is 429 g/mol. The second kappa shape index (κ2) is 7.85. The van der Waals surface area contributed by atoms with Gasteiger partial charge in [-0.05, 0) is 49.5 Å².